The van der Waals surface area contributed by atoms with Gasteiger partial charge in [-0.1, -0.05) is 35.3 Å². The average molecular weight is 417 g/mol. The molecule has 1 amide bonds. The van der Waals surface area contributed by atoms with Crippen LogP contribution in [0.4, 0.5) is 11.4 Å². The Labute approximate surface area is 173 Å². The van der Waals surface area contributed by atoms with E-state index >= 15 is 0 Å². The number of nitrogens with one attached hydrogen (secondary N) is 2. The number of halogens is 2. The van der Waals surface area contributed by atoms with Gasteiger partial charge in [-0.15, -0.1) is 0 Å². The molecule has 0 heterocycles. The lowest BCUT2D eigenvalue weighted by Crippen LogP contribution is -2.15. The van der Waals surface area contributed by atoms with E-state index in [2.05, 4.69) is 10.6 Å². The number of carbonyl (C=O) groups excluding carboxylic acids is 1. The molecule has 0 aliphatic rings. The first-order valence-electron chi connectivity index (χ1n) is 8.35. The van der Waals surface area contributed by atoms with Crippen LogP contribution < -0.4 is 10.6 Å². The van der Waals surface area contributed by atoms with Crippen LogP contribution in [0.2, 0.25) is 10.0 Å². The lowest BCUT2D eigenvalue weighted by atomic mass is 10.1. The molecule has 0 aliphatic carbocycles. The zero-order valence-corrected chi connectivity index (χ0v) is 16.1. The summed E-state index contributed by atoms with van der Waals surface area (Å²) in [6.45, 7) is 0.482. The maximum absolute atomic E-state index is 12.7. The number of hydrogen-bond donors (Lipinski definition) is 3. The number of anilines is 2. The van der Waals surface area contributed by atoms with Crippen LogP contribution in [0.1, 0.15) is 27.7 Å². The number of carboxylic acids is 1. The standard InChI is InChI=1S/C21H16Cl2N2O3.H2/c22-15-3-1-2-13(10-15)12-24-19-9-6-16(23)11-18(19)20(26)25-17-7-4-14(5-8-17)21(27)28;/h1-11,24H,12H2,(H,25,26)(H,27,28);1H. The first-order chi connectivity index (χ1) is 13.4. The van der Waals surface area contributed by atoms with Crippen LogP contribution in [0.25, 0.3) is 0 Å². The van der Waals surface area contributed by atoms with Crippen LogP contribution in [-0.4, -0.2) is 17.0 Å². The maximum Gasteiger partial charge on any atom is 0.335 e. The second-order valence-electron chi connectivity index (χ2n) is 6.01. The van der Waals surface area contributed by atoms with Crippen LogP contribution in [0.5, 0.6) is 0 Å². The van der Waals surface area contributed by atoms with Gasteiger partial charge in [0.15, 0.2) is 0 Å². The van der Waals surface area contributed by atoms with Gasteiger partial charge in [0, 0.05) is 29.4 Å². The van der Waals surface area contributed by atoms with Crippen LogP contribution >= 0.6 is 23.2 Å². The monoisotopic (exact) mass is 416 g/mol. The van der Waals surface area contributed by atoms with Crippen molar-refractivity contribution in [1.29, 1.82) is 0 Å². The first-order valence-corrected chi connectivity index (χ1v) is 9.10. The highest BCUT2D eigenvalue weighted by atomic mass is 35.5. The first kappa shape index (κ1) is 19.7. The molecule has 3 aromatic rings. The highest BCUT2D eigenvalue weighted by molar-refractivity contribution is 6.31. The van der Waals surface area contributed by atoms with E-state index in [1.54, 1.807) is 24.3 Å². The summed E-state index contributed by atoms with van der Waals surface area (Å²) < 4.78 is 0. The van der Waals surface area contributed by atoms with E-state index in [0.717, 1.165) is 5.56 Å². The SMILES string of the molecule is O=C(O)c1ccc(NC(=O)c2cc(Cl)ccc2NCc2cccc(Cl)c2)cc1.[HH]. The number of carbonyl (C=O) groups is 2. The normalized spacial score (nSPS) is 10.4. The molecule has 3 rings (SSSR count). The molecule has 0 saturated carbocycles. The Morgan fingerprint density at radius 1 is 0.929 bits per heavy atom. The van der Waals surface area contributed by atoms with Gasteiger partial charge in [0.1, 0.15) is 0 Å². The zero-order valence-electron chi connectivity index (χ0n) is 14.6. The van der Waals surface area contributed by atoms with Crippen molar-refractivity contribution in [3.63, 3.8) is 0 Å². The maximum atomic E-state index is 12.7. The second-order valence-corrected chi connectivity index (χ2v) is 6.88. The van der Waals surface area contributed by atoms with Crippen LogP contribution in [0.3, 0.4) is 0 Å². The van der Waals surface area contributed by atoms with E-state index in [1.807, 2.05) is 18.2 Å². The lowest BCUT2D eigenvalue weighted by Gasteiger charge is -2.13. The Morgan fingerprint density at radius 2 is 1.64 bits per heavy atom. The fraction of sp³-hybridized carbons (Fsp3) is 0.0476. The molecule has 0 bridgehead atoms. The highest BCUT2D eigenvalue weighted by Gasteiger charge is 2.13. The van der Waals surface area contributed by atoms with Crippen molar-refractivity contribution < 1.29 is 16.1 Å². The van der Waals surface area contributed by atoms with Gasteiger partial charge in [-0.25, -0.2) is 4.79 Å². The third kappa shape index (κ3) is 5.03. The fourth-order valence-corrected chi connectivity index (χ4v) is 2.98. The second kappa shape index (κ2) is 8.78. The minimum absolute atomic E-state index is 0. The molecular formula is C21H18Cl2N2O3. The largest absolute Gasteiger partial charge is 0.478 e. The Bertz CT molecular complexity index is 1030. The molecule has 0 saturated heterocycles. The predicted octanol–water partition coefficient (Wildman–Crippen LogP) is 5.80. The van der Waals surface area contributed by atoms with E-state index in [-0.39, 0.29) is 12.9 Å². The molecule has 3 aromatic carbocycles. The molecule has 0 fully saturated rings. The highest BCUT2D eigenvalue weighted by Crippen LogP contribution is 2.23. The summed E-state index contributed by atoms with van der Waals surface area (Å²) in [5.74, 6) is -1.39. The number of rotatable bonds is 6. The van der Waals surface area contributed by atoms with Crippen molar-refractivity contribution in [3.05, 3.63) is 93.5 Å². The Kier molecular flexibility index (Phi) is 6.19. The summed E-state index contributed by atoms with van der Waals surface area (Å²) in [7, 11) is 0. The van der Waals surface area contributed by atoms with E-state index < -0.39 is 5.97 Å². The minimum atomic E-state index is -1.03. The third-order valence-corrected chi connectivity index (χ3v) is 4.46. The molecular weight excluding hydrogens is 399 g/mol. The van der Waals surface area contributed by atoms with Crippen molar-refractivity contribution in [3.8, 4) is 0 Å². The molecule has 0 radical (unpaired) electrons. The summed E-state index contributed by atoms with van der Waals surface area (Å²) in [4.78, 5) is 23.7. The third-order valence-electron chi connectivity index (χ3n) is 3.99. The van der Waals surface area contributed by atoms with Crippen LogP contribution in [0, 0.1) is 0 Å². The van der Waals surface area contributed by atoms with Crippen molar-refractivity contribution in [1.82, 2.24) is 0 Å². The van der Waals surface area contributed by atoms with Gasteiger partial charge in [0.05, 0.1) is 11.1 Å². The van der Waals surface area contributed by atoms with Crippen LogP contribution in [0.15, 0.2) is 66.7 Å². The minimum Gasteiger partial charge on any atom is -0.478 e. The topological polar surface area (TPSA) is 78.4 Å². The number of benzene rings is 3. The fourth-order valence-electron chi connectivity index (χ4n) is 2.60. The molecule has 28 heavy (non-hydrogen) atoms. The van der Waals surface area contributed by atoms with Gasteiger partial charge in [0.25, 0.3) is 5.91 Å². The quantitative estimate of drug-likeness (QED) is 0.474. The average Bonchev–Trinajstić information content (AvgIpc) is 2.67. The van der Waals surface area contributed by atoms with E-state index in [0.29, 0.717) is 33.5 Å². The van der Waals surface area contributed by atoms with Gasteiger partial charge in [-0.2, -0.15) is 0 Å². The van der Waals surface area contributed by atoms with Gasteiger partial charge in [0.2, 0.25) is 0 Å². The lowest BCUT2D eigenvalue weighted by molar-refractivity contribution is 0.0696. The molecule has 0 aliphatic heterocycles. The summed E-state index contributed by atoms with van der Waals surface area (Å²) >= 11 is 12.1. The van der Waals surface area contributed by atoms with E-state index in [9.17, 15) is 9.59 Å². The van der Waals surface area contributed by atoms with Crippen LogP contribution in [-0.2, 0) is 6.54 Å². The molecule has 144 valence electrons. The molecule has 7 heteroatoms. The van der Waals surface area contributed by atoms with E-state index in [4.69, 9.17) is 28.3 Å². The van der Waals surface area contributed by atoms with Crippen molar-refractivity contribution in [2.75, 3.05) is 10.6 Å². The predicted molar refractivity (Wildman–Crippen MR) is 114 cm³/mol. The summed E-state index contributed by atoms with van der Waals surface area (Å²) in [5.41, 5.74) is 2.58. The zero-order chi connectivity index (χ0) is 20.1. The number of aromatic carboxylic acids is 1. The van der Waals surface area contributed by atoms with Crippen molar-refractivity contribution in [2.45, 2.75) is 6.54 Å². The van der Waals surface area contributed by atoms with Gasteiger partial charge in [-0.3, -0.25) is 4.79 Å². The summed E-state index contributed by atoms with van der Waals surface area (Å²) in [6.07, 6.45) is 0. The van der Waals surface area contributed by atoms with Crippen molar-refractivity contribution in [2.24, 2.45) is 0 Å². The Balaban J connectivity index is 0.00000300. The van der Waals surface area contributed by atoms with Gasteiger partial charge < -0.3 is 15.7 Å². The summed E-state index contributed by atoms with van der Waals surface area (Å²) in [5, 5.41) is 16.0. The summed E-state index contributed by atoms with van der Waals surface area (Å²) in [6, 6.07) is 18.3. The molecule has 3 N–H and O–H groups in total. The Hall–Kier alpha value is -3.02. The van der Waals surface area contributed by atoms with Gasteiger partial charge in [-0.05, 0) is 60.2 Å². The smallest absolute Gasteiger partial charge is 0.335 e. The number of amides is 1. The molecule has 0 atom stereocenters. The molecule has 0 spiro atoms. The Morgan fingerprint density at radius 3 is 2.32 bits per heavy atom. The number of carboxylic acid groups (broad SMARTS) is 1. The van der Waals surface area contributed by atoms with Crippen molar-refractivity contribution >= 4 is 46.5 Å². The molecule has 5 nitrogen and oxygen atoms in total. The molecule has 0 aromatic heterocycles. The molecule has 0 unspecified atom stereocenters. The van der Waals surface area contributed by atoms with E-state index in [1.165, 1.54) is 24.3 Å². The number of hydrogen-bond acceptors (Lipinski definition) is 3. The van der Waals surface area contributed by atoms with Gasteiger partial charge >= 0.3 is 5.97 Å².